The van der Waals surface area contributed by atoms with Crippen molar-refractivity contribution in [3.63, 3.8) is 0 Å². The van der Waals surface area contributed by atoms with Gasteiger partial charge in [-0.2, -0.15) is 5.26 Å². The van der Waals surface area contributed by atoms with Crippen LogP contribution in [0, 0.1) is 11.3 Å². The number of nitrogens with zero attached hydrogens (tertiary/aromatic N) is 4. The van der Waals surface area contributed by atoms with E-state index in [2.05, 4.69) is 251 Å². The van der Waals surface area contributed by atoms with Crippen molar-refractivity contribution in [1.82, 2.24) is 4.57 Å². The maximum Gasteiger partial charge on any atom is 0.0991 e. The van der Waals surface area contributed by atoms with Crippen LogP contribution < -0.4 is 9.80 Å². The zero-order chi connectivity index (χ0) is 44.7. The molecule has 12 rings (SSSR count). The Kier molecular flexibility index (Phi) is 9.86. The molecular weight excluding hydrogens is 813 g/mol. The minimum Gasteiger partial charge on any atom is -0.310 e. The Balaban J connectivity index is 0.970. The molecule has 0 fully saturated rings. The van der Waals surface area contributed by atoms with Crippen molar-refractivity contribution in [1.29, 1.82) is 5.26 Å². The number of fused-ring (bicyclic) bond motifs is 5. The highest BCUT2D eigenvalue weighted by Gasteiger charge is 2.21. The maximum absolute atomic E-state index is 9.72. The highest BCUT2D eigenvalue weighted by atomic mass is 15.1. The van der Waals surface area contributed by atoms with Crippen LogP contribution in [-0.4, -0.2) is 4.57 Å². The first-order valence-corrected chi connectivity index (χ1v) is 22.6. The van der Waals surface area contributed by atoms with Gasteiger partial charge in [0.25, 0.3) is 0 Å². The first-order chi connectivity index (χ1) is 33.2. The van der Waals surface area contributed by atoms with Gasteiger partial charge in [-0.15, -0.1) is 0 Å². The molecule has 1 aromatic heterocycles. The van der Waals surface area contributed by atoms with Crippen molar-refractivity contribution in [2.75, 3.05) is 9.80 Å². The summed E-state index contributed by atoms with van der Waals surface area (Å²) in [6, 6.07) is 93.0. The molecule has 0 atom stereocenters. The zero-order valence-corrected chi connectivity index (χ0v) is 36.5. The average molecular weight is 855 g/mol. The quantitative estimate of drug-likeness (QED) is 0.145. The molecule has 4 heteroatoms. The van der Waals surface area contributed by atoms with Gasteiger partial charge < -0.3 is 14.4 Å². The summed E-state index contributed by atoms with van der Waals surface area (Å²) >= 11 is 0. The van der Waals surface area contributed by atoms with Crippen molar-refractivity contribution in [3.05, 3.63) is 260 Å². The Hall–Kier alpha value is -9.17. The molecule has 0 aliphatic carbocycles. The summed E-state index contributed by atoms with van der Waals surface area (Å²) in [4.78, 5) is 4.70. The van der Waals surface area contributed by atoms with E-state index in [4.69, 9.17) is 0 Å². The second kappa shape index (κ2) is 16.8. The van der Waals surface area contributed by atoms with E-state index in [1.54, 1.807) is 0 Å². The molecular formula is C63H42N4. The number of aromatic nitrogens is 1. The Bertz CT molecular complexity index is 3790. The molecule has 314 valence electrons. The summed E-state index contributed by atoms with van der Waals surface area (Å²) < 4.78 is 2.34. The first-order valence-electron chi connectivity index (χ1n) is 22.6. The topological polar surface area (TPSA) is 35.2 Å². The van der Waals surface area contributed by atoms with Crippen molar-refractivity contribution in [2.24, 2.45) is 0 Å². The molecule has 0 aliphatic heterocycles. The Morgan fingerprint density at radius 2 is 0.851 bits per heavy atom. The lowest BCUT2D eigenvalue weighted by molar-refractivity contribution is 1.18. The lowest BCUT2D eigenvalue weighted by Crippen LogP contribution is -2.11. The Labute approximate surface area is 389 Å². The second-order valence-electron chi connectivity index (χ2n) is 16.9. The fourth-order valence-corrected chi connectivity index (χ4v) is 9.85. The third-order valence-electron chi connectivity index (χ3n) is 13.0. The predicted octanol–water partition coefficient (Wildman–Crippen LogP) is 17.2. The van der Waals surface area contributed by atoms with Gasteiger partial charge in [0.15, 0.2) is 0 Å². The van der Waals surface area contributed by atoms with Crippen LogP contribution in [0.2, 0.25) is 0 Å². The van der Waals surface area contributed by atoms with Gasteiger partial charge in [0, 0.05) is 50.0 Å². The molecule has 0 aliphatic rings. The van der Waals surface area contributed by atoms with Crippen LogP contribution in [0.5, 0.6) is 0 Å². The molecule has 0 unspecified atom stereocenters. The van der Waals surface area contributed by atoms with Gasteiger partial charge >= 0.3 is 0 Å². The standard InChI is InChI=1S/C63H42N4/c64-43-44-26-32-50(33-27-44)65(53-38-40-63-59(42-53)58-23-11-12-24-61(58)66(63)49-18-5-2-6-19-49)51-36-30-48(31-37-51)54-39-41-62(57-22-10-9-21-56(54)57)67(60-25-13-17-47-16-7-8-20-55(47)60)52-34-28-46(29-35-52)45-14-3-1-4-15-45/h1-42H. The normalized spacial score (nSPS) is 11.3. The molecule has 12 aromatic rings. The van der Waals surface area contributed by atoms with E-state index < -0.39 is 0 Å². The molecule has 0 bridgehead atoms. The summed E-state index contributed by atoms with van der Waals surface area (Å²) in [5, 5.41) is 16.8. The smallest absolute Gasteiger partial charge is 0.0991 e. The fraction of sp³-hybridized carbons (Fsp3) is 0. The highest BCUT2D eigenvalue weighted by Crippen LogP contribution is 2.46. The number of nitriles is 1. The molecule has 0 spiro atoms. The molecule has 11 aromatic carbocycles. The lowest BCUT2D eigenvalue weighted by Gasteiger charge is -2.29. The third-order valence-corrected chi connectivity index (χ3v) is 13.0. The number of hydrogen-bond donors (Lipinski definition) is 0. The minimum atomic E-state index is 0.624. The summed E-state index contributed by atoms with van der Waals surface area (Å²) in [6.07, 6.45) is 0. The van der Waals surface area contributed by atoms with Gasteiger partial charge in [0.2, 0.25) is 0 Å². The van der Waals surface area contributed by atoms with Gasteiger partial charge in [0.05, 0.1) is 34.0 Å². The van der Waals surface area contributed by atoms with Gasteiger partial charge in [0.1, 0.15) is 0 Å². The van der Waals surface area contributed by atoms with Crippen LogP contribution in [0.15, 0.2) is 255 Å². The van der Waals surface area contributed by atoms with Crippen molar-refractivity contribution >= 4 is 77.5 Å². The molecule has 0 radical (unpaired) electrons. The van der Waals surface area contributed by atoms with Crippen LogP contribution in [0.4, 0.5) is 34.1 Å². The van der Waals surface area contributed by atoms with Crippen LogP contribution in [0.3, 0.4) is 0 Å². The van der Waals surface area contributed by atoms with Gasteiger partial charge in [-0.25, -0.2) is 0 Å². The number of hydrogen-bond acceptors (Lipinski definition) is 3. The molecule has 0 saturated carbocycles. The van der Waals surface area contributed by atoms with Gasteiger partial charge in [-0.3, -0.25) is 0 Å². The van der Waals surface area contributed by atoms with Crippen LogP contribution in [0.25, 0.3) is 71.3 Å². The number of anilines is 6. The molecule has 0 amide bonds. The first kappa shape index (κ1) is 39.4. The van der Waals surface area contributed by atoms with E-state index in [0.717, 1.165) is 67.4 Å². The largest absolute Gasteiger partial charge is 0.310 e. The van der Waals surface area contributed by atoms with Crippen molar-refractivity contribution < 1.29 is 0 Å². The van der Waals surface area contributed by atoms with Crippen LogP contribution >= 0.6 is 0 Å². The summed E-state index contributed by atoms with van der Waals surface area (Å²) in [5.74, 6) is 0. The number of rotatable bonds is 9. The SMILES string of the molecule is N#Cc1ccc(N(c2ccc(-c3ccc(N(c4ccc(-c5ccccc5)cc4)c4cccc5ccccc45)c4ccccc34)cc2)c2ccc3c(c2)c2ccccc2n3-c2ccccc2)cc1. The second-order valence-corrected chi connectivity index (χ2v) is 16.9. The molecule has 0 N–H and O–H groups in total. The fourth-order valence-electron chi connectivity index (χ4n) is 9.85. The van der Waals surface area contributed by atoms with Crippen molar-refractivity contribution in [2.45, 2.75) is 0 Å². The van der Waals surface area contributed by atoms with Gasteiger partial charge in [-0.05, 0) is 130 Å². The van der Waals surface area contributed by atoms with E-state index in [0.29, 0.717) is 5.56 Å². The highest BCUT2D eigenvalue weighted by molar-refractivity contribution is 6.11. The monoisotopic (exact) mass is 854 g/mol. The van der Waals surface area contributed by atoms with Crippen molar-refractivity contribution in [3.8, 4) is 34.0 Å². The van der Waals surface area contributed by atoms with E-state index >= 15 is 0 Å². The summed E-state index contributed by atoms with van der Waals surface area (Å²) in [6.45, 7) is 0. The third kappa shape index (κ3) is 7.04. The van der Waals surface area contributed by atoms with Crippen LogP contribution in [-0.2, 0) is 0 Å². The predicted molar refractivity (Wildman–Crippen MR) is 281 cm³/mol. The minimum absolute atomic E-state index is 0.624. The average Bonchev–Trinajstić information content (AvgIpc) is 3.74. The number of benzene rings is 11. The van der Waals surface area contributed by atoms with E-state index in [-0.39, 0.29) is 0 Å². The maximum atomic E-state index is 9.72. The van der Waals surface area contributed by atoms with E-state index in [1.165, 1.54) is 38.1 Å². The molecule has 67 heavy (non-hydrogen) atoms. The Morgan fingerprint density at radius 1 is 0.328 bits per heavy atom. The van der Waals surface area contributed by atoms with E-state index in [9.17, 15) is 5.26 Å². The molecule has 1 heterocycles. The summed E-state index contributed by atoms with van der Waals surface area (Å²) in [5.41, 5.74) is 15.0. The van der Waals surface area contributed by atoms with Gasteiger partial charge in [-0.1, -0.05) is 158 Å². The zero-order valence-electron chi connectivity index (χ0n) is 36.5. The van der Waals surface area contributed by atoms with E-state index in [1.807, 2.05) is 24.3 Å². The lowest BCUT2D eigenvalue weighted by atomic mass is 9.95. The molecule has 4 nitrogen and oxygen atoms in total. The summed E-state index contributed by atoms with van der Waals surface area (Å²) in [7, 11) is 0. The molecule has 0 saturated heterocycles. The number of para-hydroxylation sites is 2. The van der Waals surface area contributed by atoms with Crippen LogP contribution in [0.1, 0.15) is 5.56 Å². The Morgan fingerprint density at radius 3 is 1.58 bits per heavy atom.